The molecule has 0 aliphatic carbocycles. The van der Waals surface area contributed by atoms with E-state index >= 15 is 0 Å². The fraction of sp³-hybridized carbons (Fsp3) is 0.643. The summed E-state index contributed by atoms with van der Waals surface area (Å²) in [5, 5.41) is 17.7. The molecule has 0 unspecified atom stereocenters. The largest absolute Gasteiger partial charge is 0.469 e. The predicted molar refractivity (Wildman–Crippen MR) is 81.8 cm³/mol. The Labute approximate surface area is 134 Å². The molecule has 128 valence electrons. The van der Waals surface area contributed by atoms with Gasteiger partial charge in [0.15, 0.2) is 0 Å². The molecular weight excluding hydrogens is 304 g/mol. The summed E-state index contributed by atoms with van der Waals surface area (Å²) in [5.74, 6) is -0.487. The number of aryl methyl sites for hydroxylation is 1. The van der Waals surface area contributed by atoms with Gasteiger partial charge in [-0.15, -0.1) is 0 Å². The van der Waals surface area contributed by atoms with Crippen LogP contribution in [-0.2, 0) is 20.9 Å². The van der Waals surface area contributed by atoms with Crippen LogP contribution in [0.25, 0.3) is 0 Å². The Hall–Kier alpha value is -2.45. The molecule has 0 aliphatic rings. The van der Waals surface area contributed by atoms with E-state index in [1.54, 1.807) is 13.8 Å². The lowest BCUT2D eigenvalue weighted by molar-refractivity contribution is -0.386. The maximum absolute atomic E-state index is 11.8. The lowest BCUT2D eigenvalue weighted by atomic mass is 10.2. The number of rotatable bonds is 9. The minimum absolute atomic E-state index is 0.0529. The number of hydrogen-bond acceptors (Lipinski definition) is 6. The number of hydrogen-bond donors (Lipinski definition) is 1. The lowest BCUT2D eigenvalue weighted by Crippen LogP contribution is -2.29. The third kappa shape index (κ3) is 5.68. The number of nitrogens with one attached hydrogen (secondary N) is 1. The van der Waals surface area contributed by atoms with Gasteiger partial charge in [0.25, 0.3) is 0 Å². The van der Waals surface area contributed by atoms with Crippen molar-refractivity contribution in [2.75, 3.05) is 13.7 Å². The van der Waals surface area contributed by atoms with Gasteiger partial charge < -0.3 is 10.1 Å². The maximum Gasteiger partial charge on any atom is 0.312 e. The van der Waals surface area contributed by atoms with Crippen LogP contribution in [0.2, 0.25) is 0 Å². The highest BCUT2D eigenvalue weighted by Crippen LogP contribution is 2.21. The average Bonchev–Trinajstić information content (AvgIpc) is 2.76. The van der Waals surface area contributed by atoms with Gasteiger partial charge in [-0.3, -0.25) is 24.4 Å². The second-order valence-electron chi connectivity index (χ2n) is 5.17. The van der Waals surface area contributed by atoms with Crippen LogP contribution in [0.3, 0.4) is 0 Å². The van der Waals surface area contributed by atoms with Gasteiger partial charge >= 0.3 is 11.7 Å². The molecule has 1 rings (SSSR count). The van der Waals surface area contributed by atoms with Crippen LogP contribution in [0.1, 0.15) is 37.1 Å². The van der Waals surface area contributed by atoms with E-state index in [4.69, 9.17) is 0 Å². The summed E-state index contributed by atoms with van der Waals surface area (Å²) in [6.45, 7) is 3.54. The van der Waals surface area contributed by atoms with E-state index in [2.05, 4.69) is 15.2 Å². The summed E-state index contributed by atoms with van der Waals surface area (Å²) in [6, 6.07) is 0. The first kappa shape index (κ1) is 18.6. The topological polar surface area (TPSA) is 116 Å². The predicted octanol–water partition coefficient (Wildman–Crippen LogP) is 1.26. The van der Waals surface area contributed by atoms with Crippen molar-refractivity contribution in [2.24, 2.45) is 0 Å². The first-order chi connectivity index (χ1) is 10.9. The van der Waals surface area contributed by atoms with Crippen molar-refractivity contribution in [2.45, 2.75) is 46.1 Å². The van der Waals surface area contributed by atoms with Crippen molar-refractivity contribution >= 4 is 17.6 Å². The molecule has 0 saturated carbocycles. The number of ether oxygens (including phenoxy) is 1. The van der Waals surface area contributed by atoms with Gasteiger partial charge in [-0.05, 0) is 26.7 Å². The molecule has 0 fully saturated rings. The van der Waals surface area contributed by atoms with Crippen molar-refractivity contribution < 1.29 is 19.2 Å². The fourth-order valence-corrected chi connectivity index (χ4v) is 2.20. The molecule has 1 N–H and O–H groups in total. The Morgan fingerprint density at radius 3 is 2.57 bits per heavy atom. The SMILES string of the molecule is COC(=O)CCCCCNC(=O)Cn1nc(C)c([N+](=O)[O-])c1C. The van der Waals surface area contributed by atoms with Gasteiger partial charge in [0.05, 0.1) is 12.0 Å². The van der Waals surface area contributed by atoms with Gasteiger partial charge in [0, 0.05) is 13.0 Å². The second kappa shape index (κ2) is 8.86. The van der Waals surface area contributed by atoms with Gasteiger partial charge in [-0.2, -0.15) is 5.10 Å². The molecule has 0 atom stereocenters. The van der Waals surface area contributed by atoms with Crippen LogP contribution in [-0.4, -0.2) is 40.2 Å². The Kier molecular flexibility index (Phi) is 7.17. The summed E-state index contributed by atoms with van der Waals surface area (Å²) in [5.41, 5.74) is 0.601. The number of aromatic nitrogens is 2. The normalized spacial score (nSPS) is 10.4. The Balaban J connectivity index is 2.34. The highest BCUT2D eigenvalue weighted by molar-refractivity contribution is 5.75. The summed E-state index contributed by atoms with van der Waals surface area (Å²) < 4.78 is 5.87. The zero-order chi connectivity index (χ0) is 17.4. The van der Waals surface area contributed by atoms with Gasteiger partial charge in [-0.25, -0.2) is 0 Å². The Bertz CT molecular complexity index is 582. The number of nitro groups is 1. The quantitative estimate of drug-likeness (QED) is 0.316. The molecule has 0 saturated heterocycles. The first-order valence-electron chi connectivity index (χ1n) is 7.38. The van der Waals surface area contributed by atoms with E-state index in [1.807, 2.05) is 0 Å². The monoisotopic (exact) mass is 326 g/mol. The summed E-state index contributed by atoms with van der Waals surface area (Å²) in [7, 11) is 1.35. The molecule has 1 aromatic rings. The number of esters is 1. The van der Waals surface area contributed by atoms with Crippen molar-refractivity contribution in [1.82, 2.24) is 15.1 Å². The summed E-state index contributed by atoms with van der Waals surface area (Å²) in [6.07, 6.45) is 2.65. The molecule has 1 heterocycles. The molecular formula is C14H22N4O5. The number of nitrogens with zero attached hydrogens (tertiary/aromatic N) is 3. The number of carbonyl (C=O) groups is 2. The minimum atomic E-state index is -0.493. The third-order valence-electron chi connectivity index (χ3n) is 3.43. The molecule has 9 heteroatoms. The van der Waals surface area contributed by atoms with E-state index in [1.165, 1.54) is 11.8 Å². The Morgan fingerprint density at radius 1 is 1.30 bits per heavy atom. The first-order valence-corrected chi connectivity index (χ1v) is 7.38. The number of amides is 1. The van der Waals surface area contributed by atoms with Crippen LogP contribution in [0.15, 0.2) is 0 Å². The van der Waals surface area contributed by atoms with Crippen LogP contribution < -0.4 is 5.32 Å². The van der Waals surface area contributed by atoms with Crippen molar-refractivity contribution in [1.29, 1.82) is 0 Å². The highest BCUT2D eigenvalue weighted by atomic mass is 16.6. The number of unbranched alkanes of at least 4 members (excludes halogenated alkanes) is 2. The summed E-state index contributed by atoms with van der Waals surface area (Å²) in [4.78, 5) is 33.2. The number of carbonyl (C=O) groups excluding carboxylic acids is 2. The molecule has 0 aromatic carbocycles. The third-order valence-corrected chi connectivity index (χ3v) is 3.43. The average molecular weight is 326 g/mol. The maximum atomic E-state index is 11.8. The smallest absolute Gasteiger partial charge is 0.312 e. The molecule has 0 bridgehead atoms. The van der Waals surface area contributed by atoms with Crippen molar-refractivity contribution in [3.05, 3.63) is 21.5 Å². The molecule has 0 spiro atoms. The van der Waals surface area contributed by atoms with Gasteiger partial charge in [0.1, 0.15) is 17.9 Å². The van der Waals surface area contributed by atoms with E-state index < -0.39 is 4.92 Å². The van der Waals surface area contributed by atoms with Crippen LogP contribution >= 0.6 is 0 Å². The molecule has 23 heavy (non-hydrogen) atoms. The minimum Gasteiger partial charge on any atom is -0.469 e. The van der Waals surface area contributed by atoms with E-state index in [-0.39, 0.29) is 24.1 Å². The lowest BCUT2D eigenvalue weighted by Gasteiger charge is -2.06. The highest BCUT2D eigenvalue weighted by Gasteiger charge is 2.22. The van der Waals surface area contributed by atoms with E-state index in [0.717, 1.165) is 12.8 Å². The Morgan fingerprint density at radius 2 is 2.00 bits per heavy atom. The zero-order valence-electron chi connectivity index (χ0n) is 13.6. The summed E-state index contributed by atoms with van der Waals surface area (Å²) >= 11 is 0. The number of methoxy groups -OCH3 is 1. The van der Waals surface area contributed by atoms with Crippen LogP contribution in [0, 0.1) is 24.0 Å². The molecule has 9 nitrogen and oxygen atoms in total. The molecule has 0 aliphatic heterocycles. The van der Waals surface area contributed by atoms with Gasteiger partial charge in [-0.1, -0.05) is 6.42 Å². The standard InChI is InChI=1S/C14H22N4O5/c1-10-14(18(21)22)11(2)17(16-10)9-12(19)15-8-6-4-5-7-13(20)23-3/h4-9H2,1-3H3,(H,15,19). The fourth-order valence-electron chi connectivity index (χ4n) is 2.20. The van der Waals surface area contributed by atoms with E-state index in [9.17, 15) is 19.7 Å². The van der Waals surface area contributed by atoms with Crippen molar-refractivity contribution in [3.8, 4) is 0 Å². The molecule has 1 amide bonds. The molecule has 1 aromatic heterocycles. The van der Waals surface area contributed by atoms with Crippen molar-refractivity contribution in [3.63, 3.8) is 0 Å². The zero-order valence-corrected chi connectivity index (χ0v) is 13.6. The van der Waals surface area contributed by atoms with Crippen LogP contribution in [0.5, 0.6) is 0 Å². The second-order valence-corrected chi connectivity index (χ2v) is 5.17. The van der Waals surface area contributed by atoms with E-state index in [0.29, 0.717) is 30.8 Å². The van der Waals surface area contributed by atoms with Gasteiger partial charge in [0.2, 0.25) is 5.91 Å². The van der Waals surface area contributed by atoms with Crippen LogP contribution in [0.4, 0.5) is 5.69 Å². The molecule has 0 radical (unpaired) electrons.